The van der Waals surface area contributed by atoms with Crippen LogP contribution in [0.4, 0.5) is 16.3 Å². The van der Waals surface area contributed by atoms with Crippen LogP contribution in [0, 0.1) is 19.3 Å². The highest BCUT2D eigenvalue weighted by Crippen LogP contribution is 2.34. The van der Waals surface area contributed by atoms with Gasteiger partial charge in [0.05, 0.1) is 22.5 Å². The van der Waals surface area contributed by atoms with Crippen molar-refractivity contribution in [1.82, 2.24) is 19.7 Å². The quantitative estimate of drug-likeness (QED) is 0.174. The Morgan fingerprint density at radius 3 is 2.40 bits per heavy atom. The van der Waals surface area contributed by atoms with E-state index in [0.29, 0.717) is 41.1 Å². The van der Waals surface area contributed by atoms with Crippen molar-refractivity contribution in [3.63, 3.8) is 0 Å². The molecule has 2 N–H and O–H groups in total. The number of hydrogen-bond donors (Lipinski definition) is 2. The van der Waals surface area contributed by atoms with Gasteiger partial charge in [-0.1, -0.05) is 78.2 Å². The minimum atomic E-state index is -0.624. The highest BCUT2D eigenvalue weighted by molar-refractivity contribution is 6.07. The summed E-state index contributed by atoms with van der Waals surface area (Å²) in [6.07, 6.45) is 8.09. The lowest BCUT2D eigenvalue weighted by Crippen LogP contribution is -2.21. The fourth-order valence-corrected chi connectivity index (χ4v) is 4.89. The predicted molar refractivity (Wildman–Crippen MR) is 178 cm³/mol. The Kier molecular flexibility index (Phi) is 8.00. The molecule has 222 valence electrons. The summed E-state index contributed by atoms with van der Waals surface area (Å²) in [4.78, 5) is 22.4. The number of rotatable bonds is 8. The molecule has 0 aliphatic rings. The molecule has 0 saturated heterocycles. The summed E-state index contributed by atoms with van der Waals surface area (Å²) in [7, 11) is 0. The lowest BCUT2D eigenvalue weighted by molar-refractivity contribution is 0.262. The zero-order valence-electron chi connectivity index (χ0n) is 25.3. The van der Waals surface area contributed by atoms with Crippen LogP contribution < -0.4 is 15.4 Å². The number of aromatic nitrogens is 4. The fraction of sp³-hybridized carbons (Fsp3) is 0.135. The van der Waals surface area contributed by atoms with Crippen LogP contribution in [0.25, 0.3) is 16.5 Å². The maximum atomic E-state index is 13.4. The number of benzene rings is 4. The van der Waals surface area contributed by atoms with Gasteiger partial charge in [-0.05, 0) is 50.6 Å². The highest BCUT2D eigenvalue weighted by atomic mass is 16.5. The molecule has 8 heteroatoms. The molecule has 0 atom stereocenters. The standard InChI is InChI=1S/C37H32N6O2/c1-5-37(3,4)32-24-34(43(42-32)27-17-15-25(2)16-18-27)41-36(44)39-30-19-20-31(29-14-10-9-13-28(29)30)45-35-21-22-38-33(40-35)23-26-11-7-6-8-12-26/h1,6-22,24H,23H2,2-4H3,(H2,39,41,44). The molecule has 2 amide bonds. The summed E-state index contributed by atoms with van der Waals surface area (Å²) < 4.78 is 7.93. The normalized spacial score (nSPS) is 11.2. The first-order valence-corrected chi connectivity index (χ1v) is 14.6. The van der Waals surface area contributed by atoms with Crippen LogP contribution in [0.3, 0.4) is 0 Å². The number of carbonyl (C=O) groups is 1. The lowest BCUT2D eigenvalue weighted by atomic mass is 9.91. The van der Waals surface area contributed by atoms with Gasteiger partial charge in [0.2, 0.25) is 5.88 Å². The molecule has 4 aromatic carbocycles. The van der Waals surface area contributed by atoms with Crippen molar-refractivity contribution in [1.29, 1.82) is 0 Å². The third-order valence-electron chi connectivity index (χ3n) is 7.46. The lowest BCUT2D eigenvalue weighted by Gasteiger charge is -2.14. The van der Waals surface area contributed by atoms with Crippen LogP contribution in [-0.4, -0.2) is 25.8 Å². The molecule has 8 nitrogen and oxygen atoms in total. The summed E-state index contributed by atoms with van der Waals surface area (Å²) in [6.45, 7) is 5.85. The molecule has 6 rings (SSSR count). The van der Waals surface area contributed by atoms with Crippen LogP contribution >= 0.6 is 0 Å². The molecule has 0 aliphatic carbocycles. The maximum Gasteiger partial charge on any atom is 0.324 e. The van der Waals surface area contributed by atoms with Crippen LogP contribution in [-0.2, 0) is 11.8 Å². The van der Waals surface area contributed by atoms with E-state index in [0.717, 1.165) is 27.6 Å². The third-order valence-corrected chi connectivity index (χ3v) is 7.46. The minimum absolute atomic E-state index is 0.423. The van der Waals surface area contributed by atoms with E-state index in [2.05, 4.69) is 26.5 Å². The molecule has 0 fully saturated rings. The molecule has 0 radical (unpaired) electrons. The highest BCUT2D eigenvalue weighted by Gasteiger charge is 2.24. The Morgan fingerprint density at radius 2 is 1.64 bits per heavy atom. The number of fused-ring (bicyclic) bond motifs is 1. The monoisotopic (exact) mass is 592 g/mol. The van der Waals surface area contributed by atoms with Gasteiger partial charge < -0.3 is 10.1 Å². The number of hydrogen-bond acceptors (Lipinski definition) is 5. The SMILES string of the molecule is C#CC(C)(C)c1cc(NC(=O)Nc2ccc(Oc3ccnc(Cc4ccccc4)n3)c3ccccc23)n(-c2ccc(C)cc2)n1. The molecule has 0 unspecified atom stereocenters. The van der Waals surface area contributed by atoms with Crippen molar-refractivity contribution >= 4 is 28.3 Å². The maximum absolute atomic E-state index is 13.4. The second-order valence-corrected chi connectivity index (χ2v) is 11.2. The average molecular weight is 593 g/mol. The van der Waals surface area contributed by atoms with Crippen LogP contribution in [0.5, 0.6) is 11.6 Å². The predicted octanol–water partition coefficient (Wildman–Crippen LogP) is 8.06. The van der Waals surface area contributed by atoms with Gasteiger partial charge in [-0.15, -0.1) is 6.42 Å². The molecule has 2 heterocycles. The second-order valence-electron chi connectivity index (χ2n) is 11.2. The summed E-state index contributed by atoms with van der Waals surface area (Å²) in [5.41, 5.74) is 3.71. The van der Waals surface area contributed by atoms with Crippen LogP contribution in [0.1, 0.15) is 36.5 Å². The number of aryl methyl sites for hydroxylation is 1. The molecular formula is C37H32N6O2. The van der Waals surface area contributed by atoms with E-state index >= 15 is 0 Å². The molecule has 0 saturated carbocycles. The summed E-state index contributed by atoms with van der Waals surface area (Å²) >= 11 is 0. The molecule has 2 aromatic heterocycles. The number of nitrogens with one attached hydrogen (secondary N) is 2. The van der Waals surface area contributed by atoms with Gasteiger partial charge in [0.1, 0.15) is 17.4 Å². The number of urea groups is 1. The van der Waals surface area contributed by atoms with Gasteiger partial charge in [0.15, 0.2) is 0 Å². The van der Waals surface area contributed by atoms with E-state index < -0.39 is 11.4 Å². The van der Waals surface area contributed by atoms with E-state index in [1.165, 1.54) is 0 Å². The summed E-state index contributed by atoms with van der Waals surface area (Å²) in [5.74, 6) is 4.99. The second kappa shape index (κ2) is 12.3. The Balaban J connectivity index is 1.24. The number of nitrogens with zero attached hydrogens (tertiary/aromatic N) is 4. The van der Waals surface area contributed by atoms with Gasteiger partial charge in [-0.2, -0.15) is 10.1 Å². The Labute approximate surface area is 262 Å². The molecule has 45 heavy (non-hydrogen) atoms. The number of terminal acetylenes is 1. The van der Waals surface area contributed by atoms with Crippen molar-refractivity contribution in [2.75, 3.05) is 10.6 Å². The Bertz CT molecular complexity index is 2020. The Hall–Kier alpha value is -5.94. The zero-order valence-corrected chi connectivity index (χ0v) is 25.3. The molecule has 0 aliphatic heterocycles. The van der Waals surface area contributed by atoms with Gasteiger partial charge in [-0.25, -0.2) is 14.5 Å². The number of amides is 2. The first kappa shape index (κ1) is 29.1. The van der Waals surface area contributed by atoms with Gasteiger partial charge in [0.25, 0.3) is 0 Å². The van der Waals surface area contributed by atoms with Gasteiger partial charge >= 0.3 is 6.03 Å². The van der Waals surface area contributed by atoms with Crippen molar-refractivity contribution in [3.8, 4) is 29.7 Å². The zero-order chi connectivity index (χ0) is 31.4. The molecule has 0 bridgehead atoms. The van der Waals surface area contributed by atoms with Crippen molar-refractivity contribution < 1.29 is 9.53 Å². The third kappa shape index (κ3) is 6.53. The average Bonchev–Trinajstić information content (AvgIpc) is 3.47. The van der Waals surface area contributed by atoms with Gasteiger partial charge in [0, 0.05) is 35.5 Å². The first-order chi connectivity index (χ1) is 21.8. The smallest absolute Gasteiger partial charge is 0.324 e. The first-order valence-electron chi connectivity index (χ1n) is 14.6. The largest absolute Gasteiger partial charge is 0.438 e. The number of anilines is 2. The van der Waals surface area contributed by atoms with Gasteiger partial charge in [-0.3, -0.25) is 5.32 Å². The van der Waals surface area contributed by atoms with Crippen molar-refractivity contribution in [2.45, 2.75) is 32.6 Å². The van der Waals surface area contributed by atoms with E-state index in [1.54, 1.807) is 16.9 Å². The molecular weight excluding hydrogens is 560 g/mol. The molecule has 0 spiro atoms. The Morgan fingerprint density at radius 1 is 0.911 bits per heavy atom. The minimum Gasteiger partial charge on any atom is -0.438 e. The fourth-order valence-electron chi connectivity index (χ4n) is 4.89. The van der Waals surface area contributed by atoms with E-state index in [4.69, 9.17) is 16.3 Å². The number of ether oxygens (including phenoxy) is 1. The molecule has 6 aromatic rings. The summed E-state index contributed by atoms with van der Waals surface area (Å²) in [5, 5.41) is 12.3. The van der Waals surface area contributed by atoms with E-state index in [9.17, 15) is 4.79 Å². The van der Waals surface area contributed by atoms with Crippen LogP contribution in [0.2, 0.25) is 0 Å². The van der Waals surface area contributed by atoms with Crippen LogP contribution in [0.15, 0.2) is 109 Å². The van der Waals surface area contributed by atoms with Crippen molar-refractivity contribution in [3.05, 3.63) is 132 Å². The van der Waals surface area contributed by atoms with E-state index in [-0.39, 0.29) is 0 Å². The summed E-state index contributed by atoms with van der Waals surface area (Å²) in [6, 6.07) is 32.4. The van der Waals surface area contributed by atoms with E-state index in [1.807, 2.05) is 118 Å². The van der Waals surface area contributed by atoms with Crippen molar-refractivity contribution in [2.24, 2.45) is 0 Å². The number of carbonyl (C=O) groups excluding carboxylic acids is 1. The topological polar surface area (TPSA) is 94.0 Å².